The normalized spacial score (nSPS) is 15.3. The van der Waals surface area contributed by atoms with Crippen LogP contribution in [0.2, 0.25) is 0 Å². The van der Waals surface area contributed by atoms with Crippen LogP contribution in [-0.4, -0.2) is 25.8 Å². The number of allylic oxidation sites excluding steroid dienone is 2. The molecule has 1 aliphatic rings. The van der Waals surface area contributed by atoms with E-state index in [2.05, 4.69) is 77.1 Å². The van der Waals surface area contributed by atoms with Gasteiger partial charge in [-0.3, -0.25) is 14.8 Å². The van der Waals surface area contributed by atoms with Crippen LogP contribution in [0.3, 0.4) is 0 Å². The van der Waals surface area contributed by atoms with Crippen LogP contribution in [0.15, 0.2) is 54.6 Å². The zero-order valence-corrected chi connectivity index (χ0v) is 36.2. The number of thiophene rings is 1. The molecule has 1 radical (unpaired) electrons. The Labute approximate surface area is 329 Å². The summed E-state index contributed by atoms with van der Waals surface area (Å²) in [6.07, 6.45) is 11.8. The first kappa shape index (κ1) is 41.8. The van der Waals surface area contributed by atoms with Crippen molar-refractivity contribution >= 4 is 48.3 Å². The molecule has 5 aromatic rings. The molecule has 52 heavy (non-hydrogen) atoms. The van der Waals surface area contributed by atoms with E-state index in [-0.39, 0.29) is 48.9 Å². The molecule has 2 aromatic carbocycles. The van der Waals surface area contributed by atoms with Gasteiger partial charge in [0.25, 0.3) is 0 Å². The maximum Gasteiger partial charge on any atom is 0.162 e. The van der Waals surface area contributed by atoms with Gasteiger partial charge >= 0.3 is 0 Å². The predicted molar refractivity (Wildman–Crippen MR) is 217 cm³/mol. The van der Waals surface area contributed by atoms with Gasteiger partial charge in [0.2, 0.25) is 0 Å². The zero-order chi connectivity index (χ0) is 37.1. The summed E-state index contributed by atoms with van der Waals surface area (Å²) in [5.41, 5.74) is 8.25. The molecule has 1 saturated carbocycles. The van der Waals surface area contributed by atoms with Crippen LogP contribution in [-0.2, 0) is 30.3 Å². The number of fused-ring (bicyclic) bond motifs is 4. The van der Waals surface area contributed by atoms with Gasteiger partial charge in [0.15, 0.2) is 5.78 Å². The number of hydrogen-bond donors (Lipinski definition) is 1. The van der Waals surface area contributed by atoms with Gasteiger partial charge in [-0.15, -0.1) is 29.5 Å². The van der Waals surface area contributed by atoms with Gasteiger partial charge in [-0.05, 0) is 86.7 Å². The number of pyridine rings is 1. The van der Waals surface area contributed by atoms with Crippen LogP contribution in [0.5, 0.6) is 0 Å². The second-order valence-electron chi connectivity index (χ2n) is 16.4. The van der Waals surface area contributed by atoms with Crippen molar-refractivity contribution in [2.75, 3.05) is 0 Å². The summed E-state index contributed by atoms with van der Waals surface area (Å²) in [5, 5.41) is 12.0. The van der Waals surface area contributed by atoms with Gasteiger partial charge in [0.1, 0.15) is 6.33 Å². The summed E-state index contributed by atoms with van der Waals surface area (Å²) in [6, 6.07) is 17.1. The average Bonchev–Trinajstić information content (AvgIpc) is 3.47. The Kier molecular flexibility index (Phi) is 14.0. The van der Waals surface area contributed by atoms with E-state index in [9.17, 15) is 9.90 Å². The predicted octanol–water partition coefficient (Wildman–Crippen LogP) is 13.0. The number of benzene rings is 2. The van der Waals surface area contributed by atoms with Gasteiger partial charge in [-0.1, -0.05) is 97.0 Å². The Morgan fingerprint density at radius 3 is 2.23 bits per heavy atom. The largest absolute Gasteiger partial charge is 0.512 e. The van der Waals surface area contributed by atoms with E-state index in [1.54, 1.807) is 6.33 Å². The molecule has 0 atom stereocenters. The van der Waals surface area contributed by atoms with Crippen LogP contribution in [0.1, 0.15) is 136 Å². The molecule has 1 N–H and O–H groups in total. The molecule has 1 aliphatic carbocycles. The summed E-state index contributed by atoms with van der Waals surface area (Å²) in [5.74, 6) is 1.21. The summed E-state index contributed by atoms with van der Waals surface area (Å²) in [7, 11) is 0. The van der Waals surface area contributed by atoms with Crippen molar-refractivity contribution in [2.45, 2.75) is 132 Å². The second kappa shape index (κ2) is 17.4. The number of nitrogens with zero attached hydrogens (tertiary/aromatic N) is 3. The molecule has 281 valence electrons. The summed E-state index contributed by atoms with van der Waals surface area (Å²) in [4.78, 5) is 26.1. The SMILES string of the molecule is CCC(CC)C(=O)/C=C(\O)C(CC)CC.Cc1ccc2[c-]c(-c3ncnc4c3sc3cc(C5CCC(C)(C)CC5)ccc34)cc(C(C)(C)C)c2n1.[Ir]. The summed E-state index contributed by atoms with van der Waals surface area (Å²) >= 11 is 1.82. The van der Waals surface area contributed by atoms with Gasteiger partial charge in [0.05, 0.1) is 11.3 Å². The van der Waals surface area contributed by atoms with E-state index in [4.69, 9.17) is 15.0 Å². The third-order valence-corrected chi connectivity index (χ3v) is 12.2. The number of ketones is 1. The van der Waals surface area contributed by atoms with Crippen molar-refractivity contribution in [1.29, 1.82) is 0 Å². The standard InChI is InChI=1S/C32H34N3S.C13H24O2.Ir/c1-19-7-8-22-15-23(16-25(27(22)35-19)31(2,3)4)28-30-29(34-18-33-28)24-10-9-21(17-26(24)36-30)20-11-13-32(5,6)14-12-20;1-5-10(6-2)12(14)9-13(15)11(7-3)8-4;/h7-10,16-18,20H,11-14H2,1-6H3;9-11,14H,5-8H2,1-4H3;/q-1;;/b;12-9-;. The number of carbonyl (C=O) groups excluding carboxylic acids is 1. The van der Waals surface area contributed by atoms with E-state index in [0.29, 0.717) is 11.3 Å². The fraction of sp³-hybridized carbons (Fsp3) is 0.511. The van der Waals surface area contributed by atoms with Gasteiger partial charge in [-0.2, -0.15) is 0 Å². The Morgan fingerprint density at radius 1 is 0.962 bits per heavy atom. The van der Waals surface area contributed by atoms with Gasteiger partial charge < -0.3 is 5.11 Å². The molecule has 1 fully saturated rings. The van der Waals surface area contributed by atoms with Gasteiger partial charge in [0, 0.05) is 69.7 Å². The molecule has 3 heterocycles. The van der Waals surface area contributed by atoms with E-state index < -0.39 is 0 Å². The van der Waals surface area contributed by atoms with Crippen LogP contribution in [0.25, 0.3) is 42.5 Å². The molecule has 5 nitrogen and oxygen atoms in total. The van der Waals surface area contributed by atoms with E-state index in [0.717, 1.165) is 63.8 Å². The number of carbonyl (C=O) groups is 1. The molecule has 0 bridgehead atoms. The van der Waals surface area contributed by atoms with Crippen molar-refractivity contribution in [3.8, 4) is 11.3 Å². The molecule has 0 spiro atoms. The third kappa shape index (κ3) is 9.38. The first-order chi connectivity index (χ1) is 24.2. The number of aryl methyl sites for hydroxylation is 1. The number of aromatic nitrogens is 3. The van der Waals surface area contributed by atoms with Crippen molar-refractivity contribution < 1.29 is 30.0 Å². The van der Waals surface area contributed by atoms with Crippen LogP contribution in [0, 0.1) is 30.2 Å². The Balaban J connectivity index is 0.000000323. The van der Waals surface area contributed by atoms with Crippen LogP contribution < -0.4 is 0 Å². The molecule has 0 unspecified atom stereocenters. The molecule has 7 heteroatoms. The summed E-state index contributed by atoms with van der Waals surface area (Å²) < 4.78 is 2.45. The first-order valence-corrected chi connectivity index (χ1v) is 20.0. The maximum atomic E-state index is 11.7. The summed E-state index contributed by atoms with van der Waals surface area (Å²) in [6.45, 7) is 21.7. The van der Waals surface area contributed by atoms with E-state index in [1.807, 2.05) is 46.0 Å². The molecular weight excluding hydrogens is 839 g/mol. The van der Waals surface area contributed by atoms with Gasteiger partial charge in [-0.25, -0.2) is 4.98 Å². The monoisotopic (exact) mass is 897 g/mol. The average molecular weight is 897 g/mol. The minimum Gasteiger partial charge on any atom is -0.512 e. The van der Waals surface area contributed by atoms with Crippen molar-refractivity contribution in [1.82, 2.24) is 15.0 Å². The number of aliphatic hydroxyl groups excluding tert-OH is 1. The van der Waals surface area contributed by atoms with Crippen molar-refractivity contribution in [3.63, 3.8) is 0 Å². The maximum absolute atomic E-state index is 11.7. The molecular formula is C45H58IrN3O2S-. The van der Waals surface area contributed by atoms with Crippen molar-refractivity contribution in [2.24, 2.45) is 17.3 Å². The molecule has 0 aliphatic heterocycles. The number of hydrogen-bond acceptors (Lipinski definition) is 6. The fourth-order valence-corrected chi connectivity index (χ4v) is 8.71. The number of aliphatic hydroxyl groups is 1. The fourth-order valence-electron chi connectivity index (χ4n) is 7.51. The Morgan fingerprint density at radius 2 is 1.62 bits per heavy atom. The third-order valence-electron chi connectivity index (χ3n) is 11.1. The minimum atomic E-state index is -0.0430. The number of rotatable bonds is 9. The van der Waals surface area contributed by atoms with E-state index in [1.165, 1.54) is 53.0 Å². The molecule has 0 amide bonds. The van der Waals surface area contributed by atoms with Crippen molar-refractivity contribution in [3.05, 3.63) is 77.4 Å². The zero-order valence-electron chi connectivity index (χ0n) is 32.9. The quantitative estimate of drug-likeness (QED) is 0.0906. The molecule has 3 aromatic heterocycles. The topological polar surface area (TPSA) is 76.0 Å². The van der Waals surface area contributed by atoms with Crippen LogP contribution in [0.4, 0.5) is 0 Å². The molecule has 0 saturated heterocycles. The smallest absolute Gasteiger partial charge is 0.162 e. The van der Waals surface area contributed by atoms with Crippen LogP contribution >= 0.6 is 11.3 Å². The Hall–Kier alpha value is -2.99. The van der Waals surface area contributed by atoms with E-state index >= 15 is 0 Å². The Bertz CT molecular complexity index is 2020. The minimum absolute atomic E-state index is 0. The molecule has 6 rings (SSSR count). The second-order valence-corrected chi connectivity index (χ2v) is 17.4. The first-order valence-electron chi connectivity index (χ1n) is 19.2.